The molecule has 0 fully saturated rings. The minimum atomic E-state index is -0.463. The topological polar surface area (TPSA) is 79.8 Å². The molecule has 2 amide bonds. The molecule has 35 heavy (non-hydrogen) atoms. The van der Waals surface area contributed by atoms with Gasteiger partial charge in [0.1, 0.15) is 11.2 Å². The molecule has 2 N–H and O–H groups in total. The first-order valence-corrected chi connectivity index (χ1v) is 11.3. The number of furan rings is 1. The van der Waals surface area contributed by atoms with Crippen molar-refractivity contribution in [3.05, 3.63) is 108 Å². The summed E-state index contributed by atoms with van der Waals surface area (Å²) in [4.78, 5) is 12.7. The zero-order valence-corrected chi connectivity index (χ0v) is 18.9. The average Bonchev–Trinajstić information content (AvgIpc) is 3.26. The molecule has 6 nitrogen and oxygen atoms in total. The number of anilines is 1. The molecule has 6 rings (SSSR count). The van der Waals surface area contributed by atoms with Gasteiger partial charge in [-0.1, -0.05) is 66.7 Å². The summed E-state index contributed by atoms with van der Waals surface area (Å²) in [5.74, 6) is 0. The molecule has 6 heteroatoms. The molecule has 2 aromatic heterocycles. The van der Waals surface area contributed by atoms with Crippen LogP contribution in [-0.4, -0.2) is 6.03 Å². The van der Waals surface area contributed by atoms with Crippen LogP contribution < -0.4 is 16.3 Å². The van der Waals surface area contributed by atoms with Gasteiger partial charge < -0.3 is 14.2 Å². The molecule has 0 bridgehead atoms. The molecule has 0 unspecified atom stereocenters. The number of hydrogen-bond donors (Lipinski definition) is 2. The number of amides is 2. The molecule has 2 heterocycles. The smallest absolute Gasteiger partial charge is 0.339 e. The van der Waals surface area contributed by atoms with Gasteiger partial charge in [-0.25, -0.2) is 10.2 Å². The van der Waals surface area contributed by atoms with Crippen molar-refractivity contribution in [2.45, 2.75) is 6.92 Å². The molecule has 170 valence electrons. The van der Waals surface area contributed by atoms with Gasteiger partial charge in [0.05, 0.1) is 12.0 Å². The summed E-state index contributed by atoms with van der Waals surface area (Å²) >= 11 is 0. The van der Waals surface area contributed by atoms with Gasteiger partial charge in [0, 0.05) is 28.3 Å². The van der Waals surface area contributed by atoms with Crippen LogP contribution in [-0.2, 0) is 0 Å². The third-order valence-corrected chi connectivity index (χ3v) is 6.03. The quantitative estimate of drug-likeness (QED) is 0.281. The summed E-state index contributed by atoms with van der Waals surface area (Å²) in [5.41, 5.74) is 7.90. The van der Waals surface area contributed by atoms with E-state index in [2.05, 4.69) is 21.9 Å². The number of urea groups is 1. The van der Waals surface area contributed by atoms with Crippen LogP contribution in [0.1, 0.15) is 5.56 Å². The number of carbonyl (C=O) groups excluding carboxylic acids is 1. The molecular weight excluding hydrogens is 438 g/mol. The first-order valence-electron chi connectivity index (χ1n) is 11.3. The summed E-state index contributed by atoms with van der Waals surface area (Å²) in [6, 6.07) is 28.9. The Bertz CT molecular complexity index is 1780. The number of aryl methyl sites for hydroxylation is 1. The molecule has 0 radical (unpaired) electrons. The summed E-state index contributed by atoms with van der Waals surface area (Å²) in [7, 11) is 0. The van der Waals surface area contributed by atoms with Gasteiger partial charge in [-0.2, -0.15) is 0 Å². The second-order valence-electron chi connectivity index (χ2n) is 8.33. The summed E-state index contributed by atoms with van der Waals surface area (Å²) in [5, 5.41) is 11.1. The summed E-state index contributed by atoms with van der Waals surface area (Å²) in [6.45, 7) is 2.01. The van der Waals surface area contributed by atoms with E-state index in [1.807, 2.05) is 91.9 Å². The van der Waals surface area contributed by atoms with Crippen molar-refractivity contribution in [3.63, 3.8) is 0 Å². The maximum Gasteiger partial charge on any atom is 0.339 e. The fourth-order valence-electron chi connectivity index (χ4n) is 4.32. The Morgan fingerprint density at radius 3 is 2.49 bits per heavy atom. The first kappa shape index (κ1) is 20.7. The highest BCUT2D eigenvalue weighted by molar-refractivity contribution is 6.02. The SMILES string of the molecule is Cc1coc2cc3o/c(=N\NC(=O)Nc4cccc5ccccc45)cc(-c4ccccc4)c3cc12. The molecule has 6 aromatic rings. The predicted molar refractivity (Wildman–Crippen MR) is 138 cm³/mol. The lowest BCUT2D eigenvalue weighted by Crippen LogP contribution is -2.26. The fourth-order valence-corrected chi connectivity index (χ4v) is 4.32. The van der Waals surface area contributed by atoms with Crippen LogP contribution in [0.4, 0.5) is 10.5 Å². The lowest BCUT2D eigenvalue weighted by molar-refractivity contribution is 0.251. The Hall–Kier alpha value is -4.84. The Labute approximate surface area is 200 Å². The van der Waals surface area contributed by atoms with Crippen LogP contribution in [0.25, 0.3) is 43.8 Å². The number of hydrogen-bond acceptors (Lipinski definition) is 4. The van der Waals surface area contributed by atoms with Gasteiger partial charge in [-0.05, 0) is 41.1 Å². The van der Waals surface area contributed by atoms with Gasteiger partial charge in [0.2, 0.25) is 5.55 Å². The van der Waals surface area contributed by atoms with Crippen molar-refractivity contribution in [2.24, 2.45) is 5.10 Å². The maximum atomic E-state index is 12.7. The van der Waals surface area contributed by atoms with E-state index in [1.165, 1.54) is 0 Å². The molecule has 0 aliphatic heterocycles. The molecular formula is C29H21N3O3. The number of carbonyl (C=O) groups is 1. The van der Waals surface area contributed by atoms with Gasteiger partial charge in [0.25, 0.3) is 0 Å². The van der Waals surface area contributed by atoms with Crippen LogP contribution in [0.2, 0.25) is 0 Å². The summed E-state index contributed by atoms with van der Waals surface area (Å²) < 4.78 is 11.7. The highest BCUT2D eigenvalue weighted by atomic mass is 16.3. The zero-order valence-electron chi connectivity index (χ0n) is 18.9. The molecule has 0 aliphatic carbocycles. The lowest BCUT2D eigenvalue weighted by Gasteiger charge is -2.09. The molecule has 0 saturated carbocycles. The van der Waals surface area contributed by atoms with E-state index in [0.717, 1.165) is 43.8 Å². The Kier molecular flexibility index (Phi) is 5.04. The third-order valence-electron chi connectivity index (χ3n) is 6.03. The number of nitrogens with one attached hydrogen (secondary N) is 2. The fraction of sp³-hybridized carbons (Fsp3) is 0.0345. The van der Waals surface area contributed by atoms with Gasteiger partial charge in [-0.3, -0.25) is 0 Å². The van der Waals surface area contributed by atoms with E-state index in [1.54, 1.807) is 6.26 Å². The molecule has 4 aromatic carbocycles. The average molecular weight is 460 g/mol. The highest BCUT2D eigenvalue weighted by Gasteiger charge is 2.12. The van der Waals surface area contributed by atoms with Crippen LogP contribution >= 0.6 is 0 Å². The zero-order chi connectivity index (χ0) is 23.8. The maximum absolute atomic E-state index is 12.7. The van der Waals surface area contributed by atoms with Crippen LogP contribution in [0.3, 0.4) is 0 Å². The molecule has 0 aliphatic rings. The van der Waals surface area contributed by atoms with E-state index < -0.39 is 6.03 Å². The van der Waals surface area contributed by atoms with Crippen LogP contribution in [0.5, 0.6) is 0 Å². The third kappa shape index (κ3) is 3.91. The standard InChI is InChI=1S/C29H21N3O3/c1-18-17-34-26-16-27-24(14-22(18)26)23(20-8-3-2-4-9-20)15-28(35-27)31-32-29(33)30-25-13-7-11-19-10-5-6-12-21(19)25/h2-17H,1H3,(H2,30,32,33)/b31-28-. The Balaban J connectivity index is 1.40. The van der Waals surface area contributed by atoms with E-state index in [0.29, 0.717) is 11.3 Å². The van der Waals surface area contributed by atoms with Crippen molar-refractivity contribution in [1.82, 2.24) is 5.43 Å². The second-order valence-corrected chi connectivity index (χ2v) is 8.33. The van der Waals surface area contributed by atoms with Crippen molar-refractivity contribution in [3.8, 4) is 11.1 Å². The molecule has 0 saturated heterocycles. The van der Waals surface area contributed by atoms with E-state index in [-0.39, 0.29) is 5.55 Å². The lowest BCUT2D eigenvalue weighted by atomic mass is 10.0. The monoisotopic (exact) mass is 459 g/mol. The predicted octanol–water partition coefficient (Wildman–Crippen LogP) is 6.95. The van der Waals surface area contributed by atoms with E-state index >= 15 is 0 Å². The number of benzene rings is 4. The van der Waals surface area contributed by atoms with Crippen molar-refractivity contribution in [2.75, 3.05) is 5.32 Å². The van der Waals surface area contributed by atoms with Crippen LogP contribution in [0.15, 0.2) is 111 Å². The van der Waals surface area contributed by atoms with Crippen LogP contribution in [0, 0.1) is 6.92 Å². The minimum Gasteiger partial charge on any atom is -0.464 e. The van der Waals surface area contributed by atoms with Crippen molar-refractivity contribution < 1.29 is 13.6 Å². The van der Waals surface area contributed by atoms with Gasteiger partial charge in [0.15, 0.2) is 0 Å². The van der Waals surface area contributed by atoms with Crippen molar-refractivity contribution >= 4 is 44.4 Å². The molecule has 0 spiro atoms. The van der Waals surface area contributed by atoms with Gasteiger partial charge in [-0.15, -0.1) is 5.10 Å². The molecule has 0 atom stereocenters. The number of rotatable bonds is 3. The Morgan fingerprint density at radius 2 is 1.60 bits per heavy atom. The van der Waals surface area contributed by atoms with Crippen molar-refractivity contribution in [1.29, 1.82) is 0 Å². The van der Waals surface area contributed by atoms with Gasteiger partial charge >= 0.3 is 6.03 Å². The highest BCUT2D eigenvalue weighted by Crippen LogP contribution is 2.32. The minimum absolute atomic E-state index is 0.270. The second kappa shape index (κ2) is 8.50. The normalized spacial score (nSPS) is 11.9. The van der Waals surface area contributed by atoms with E-state index in [9.17, 15) is 4.79 Å². The number of fused-ring (bicyclic) bond motifs is 3. The Morgan fingerprint density at radius 1 is 0.800 bits per heavy atom. The first-order chi connectivity index (χ1) is 17.2. The summed E-state index contributed by atoms with van der Waals surface area (Å²) in [6.07, 6.45) is 1.73. The van der Waals surface area contributed by atoms with E-state index in [4.69, 9.17) is 8.83 Å². The largest absolute Gasteiger partial charge is 0.464 e. The number of nitrogens with zero attached hydrogens (tertiary/aromatic N) is 1.